The van der Waals surface area contributed by atoms with Gasteiger partial charge < -0.3 is 25.0 Å². The van der Waals surface area contributed by atoms with Crippen molar-refractivity contribution in [2.45, 2.75) is 127 Å². The fourth-order valence-electron chi connectivity index (χ4n) is 7.29. The van der Waals surface area contributed by atoms with Gasteiger partial charge in [-0.3, -0.25) is 24.0 Å². The zero-order chi connectivity index (χ0) is 37.8. The van der Waals surface area contributed by atoms with Crippen molar-refractivity contribution >= 4 is 46.0 Å². The van der Waals surface area contributed by atoms with Crippen LogP contribution in [0.2, 0.25) is 0 Å². The molecule has 5 amide bonds. The molecule has 2 fully saturated rings. The number of cyclic esters (lactones) is 1. The highest BCUT2D eigenvalue weighted by Gasteiger charge is 2.45. The lowest BCUT2D eigenvalue weighted by Gasteiger charge is -2.30. The quantitative estimate of drug-likeness (QED) is 0.384. The Morgan fingerprint density at radius 2 is 1.77 bits per heavy atom. The van der Waals surface area contributed by atoms with Crippen molar-refractivity contribution in [3.05, 3.63) is 53.1 Å². The van der Waals surface area contributed by atoms with Gasteiger partial charge in [0.2, 0.25) is 21.8 Å². The topological polar surface area (TPSA) is 181 Å². The molecule has 5 aliphatic rings. The lowest BCUT2D eigenvalue weighted by molar-refractivity contribution is -0.141. The summed E-state index contributed by atoms with van der Waals surface area (Å²) in [5, 5.41) is 4.80. The van der Waals surface area contributed by atoms with E-state index < -0.39 is 69.4 Å². The standard InChI is InChI=1S/C38H51N5O9S/c1-38(2)19-10-9-12-25-13-11-14-26-21-42(23-29(25)26)37(48)52-27-20-32-34(45)39-30(33(44)41-53(49,50)28-17-18-28)15-7-5-3-4-6-8-16-31(35(46)43(32)22-27)40-36(47)51-24-38/h5,7,9,11-14,27-28,30-32H,3-4,6,8,10,15-24H2,1-2H3,(H,39,45)(H,40,47)(H,41,44)/b7-5-,12-9+/t27-,30?,31+,32?/m1/s1. The highest BCUT2D eigenvalue weighted by Crippen LogP contribution is 2.31. The minimum absolute atomic E-state index is 0.0376. The molecule has 0 aromatic heterocycles. The van der Waals surface area contributed by atoms with Crippen LogP contribution in [-0.2, 0) is 47.0 Å². The second-order valence-electron chi connectivity index (χ2n) is 15.6. The van der Waals surface area contributed by atoms with Crippen LogP contribution in [0, 0.1) is 5.41 Å². The van der Waals surface area contributed by atoms with Gasteiger partial charge in [-0.25, -0.2) is 18.0 Å². The number of benzene rings is 1. The molecule has 1 aromatic carbocycles. The smallest absolute Gasteiger partial charge is 0.410 e. The molecule has 4 atom stereocenters. The van der Waals surface area contributed by atoms with Crippen molar-refractivity contribution in [3.63, 3.8) is 0 Å². The number of amides is 5. The van der Waals surface area contributed by atoms with Crippen molar-refractivity contribution in [2.75, 3.05) is 13.2 Å². The van der Waals surface area contributed by atoms with Gasteiger partial charge in [-0.15, -0.1) is 0 Å². The van der Waals surface area contributed by atoms with Crippen LogP contribution in [-0.4, -0.2) is 90.8 Å². The van der Waals surface area contributed by atoms with E-state index in [1.165, 1.54) is 4.90 Å². The summed E-state index contributed by atoms with van der Waals surface area (Å²) in [6, 6.07) is 2.49. The van der Waals surface area contributed by atoms with Gasteiger partial charge in [0.1, 0.15) is 24.2 Å². The monoisotopic (exact) mass is 753 g/mol. The van der Waals surface area contributed by atoms with E-state index in [4.69, 9.17) is 9.47 Å². The maximum atomic E-state index is 14.4. The predicted octanol–water partition coefficient (Wildman–Crippen LogP) is 4.04. The fourth-order valence-corrected chi connectivity index (χ4v) is 8.64. The summed E-state index contributed by atoms with van der Waals surface area (Å²) in [7, 11) is -3.89. The average molecular weight is 754 g/mol. The summed E-state index contributed by atoms with van der Waals surface area (Å²) in [5.41, 5.74) is 2.67. The van der Waals surface area contributed by atoms with E-state index in [1.807, 2.05) is 44.2 Å². The first-order chi connectivity index (χ1) is 25.3. The van der Waals surface area contributed by atoms with Gasteiger partial charge in [-0.2, -0.15) is 0 Å². The molecule has 0 spiro atoms. The van der Waals surface area contributed by atoms with E-state index in [-0.39, 0.29) is 31.4 Å². The van der Waals surface area contributed by atoms with Crippen molar-refractivity contribution in [1.82, 2.24) is 25.2 Å². The van der Waals surface area contributed by atoms with Crippen molar-refractivity contribution in [1.29, 1.82) is 0 Å². The summed E-state index contributed by atoms with van der Waals surface area (Å²) in [5.74, 6) is -2.10. The van der Waals surface area contributed by atoms with E-state index in [2.05, 4.69) is 21.4 Å². The Labute approximate surface area is 311 Å². The van der Waals surface area contributed by atoms with Crippen molar-refractivity contribution in [3.8, 4) is 0 Å². The molecule has 5 bridgehead atoms. The molecule has 4 heterocycles. The molecule has 15 heteroatoms. The number of carbonyl (C=O) groups is 5. The minimum Gasteiger partial charge on any atom is -0.449 e. The van der Waals surface area contributed by atoms with E-state index in [9.17, 15) is 32.4 Å². The van der Waals surface area contributed by atoms with Gasteiger partial charge in [-0.05, 0) is 73.5 Å². The zero-order valence-corrected chi connectivity index (χ0v) is 31.3. The maximum absolute atomic E-state index is 14.4. The third-order valence-electron chi connectivity index (χ3n) is 10.6. The minimum atomic E-state index is -3.89. The number of hydrogen-bond donors (Lipinski definition) is 3. The molecular weight excluding hydrogens is 703 g/mol. The predicted molar refractivity (Wildman–Crippen MR) is 195 cm³/mol. The van der Waals surface area contributed by atoms with Crippen molar-refractivity contribution < 1.29 is 41.9 Å². The molecule has 4 aliphatic heterocycles. The number of ether oxygens (including phenoxy) is 2. The summed E-state index contributed by atoms with van der Waals surface area (Å²) in [4.78, 5) is 71.4. The molecule has 0 radical (unpaired) electrons. The maximum Gasteiger partial charge on any atom is 0.410 e. The van der Waals surface area contributed by atoms with Crippen LogP contribution in [0.1, 0.15) is 101 Å². The second-order valence-corrected chi connectivity index (χ2v) is 17.5. The number of hydrogen-bond acceptors (Lipinski definition) is 9. The molecule has 2 unspecified atom stereocenters. The van der Waals surface area contributed by atoms with E-state index in [0.29, 0.717) is 45.2 Å². The van der Waals surface area contributed by atoms with Crippen LogP contribution in [0.15, 0.2) is 36.4 Å². The molecule has 1 aromatic rings. The highest BCUT2D eigenvalue weighted by atomic mass is 32.2. The van der Waals surface area contributed by atoms with Crippen LogP contribution in [0.3, 0.4) is 0 Å². The summed E-state index contributed by atoms with van der Waals surface area (Å²) in [6.07, 6.45) is 11.0. The summed E-state index contributed by atoms with van der Waals surface area (Å²) < 4.78 is 39.0. The molecule has 6 rings (SSSR count). The number of fused-ring (bicyclic) bond motifs is 3. The second kappa shape index (κ2) is 16.3. The molecule has 288 valence electrons. The largest absolute Gasteiger partial charge is 0.449 e. The number of nitrogens with one attached hydrogen (secondary N) is 3. The normalized spacial score (nSPS) is 28.7. The van der Waals surface area contributed by atoms with Gasteiger partial charge in [-0.1, -0.05) is 69.2 Å². The van der Waals surface area contributed by atoms with Gasteiger partial charge in [0, 0.05) is 13.0 Å². The Morgan fingerprint density at radius 3 is 2.57 bits per heavy atom. The Bertz CT molecular complexity index is 1760. The van der Waals surface area contributed by atoms with Crippen LogP contribution in [0.25, 0.3) is 6.08 Å². The highest BCUT2D eigenvalue weighted by molar-refractivity contribution is 7.90. The third-order valence-corrected chi connectivity index (χ3v) is 12.4. The molecular formula is C38H51N5O9S. The molecule has 3 N–H and O–H groups in total. The molecule has 1 saturated heterocycles. The molecule has 1 saturated carbocycles. The molecule has 14 nitrogen and oxygen atoms in total. The summed E-state index contributed by atoms with van der Waals surface area (Å²) in [6.45, 7) is 4.72. The van der Waals surface area contributed by atoms with Gasteiger partial charge in [0.25, 0.3) is 5.91 Å². The van der Waals surface area contributed by atoms with Crippen LogP contribution < -0.4 is 15.4 Å². The number of nitrogens with zero attached hydrogens (tertiary/aromatic N) is 2. The van der Waals surface area contributed by atoms with Crippen molar-refractivity contribution in [2.24, 2.45) is 5.41 Å². The van der Waals surface area contributed by atoms with Gasteiger partial charge >= 0.3 is 12.2 Å². The first-order valence-electron chi connectivity index (χ1n) is 18.8. The fraction of sp³-hybridized carbons (Fsp3) is 0.605. The average Bonchev–Trinajstić information content (AvgIpc) is 3.76. The Kier molecular flexibility index (Phi) is 11.8. The number of sulfonamides is 1. The molecule has 1 aliphatic carbocycles. The van der Waals surface area contributed by atoms with Crippen LogP contribution in [0.5, 0.6) is 0 Å². The number of allylic oxidation sites excluding steroid dienone is 2. The first kappa shape index (κ1) is 38.3. The Morgan fingerprint density at radius 1 is 0.962 bits per heavy atom. The van der Waals surface area contributed by atoms with E-state index >= 15 is 0 Å². The number of rotatable bonds is 3. The molecule has 53 heavy (non-hydrogen) atoms. The Balaban J connectivity index is 1.29. The van der Waals surface area contributed by atoms with E-state index in [1.54, 1.807) is 11.0 Å². The van der Waals surface area contributed by atoms with Gasteiger partial charge in [0.15, 0.2) is 0 Å². The number of alkyl carbamates (subject to hydrolysis) is 1. The van der Waals surface area contributed by atoms with Crippen LogP contribution >= 0.6 is 0 Å². The SMILES string of the molecule is CC1(C)CC/C=C/c2cccc3c2CN(C3)C(=O)O[C@@H]2CC3C(=O)NC(C(=O)NS(=O)(=O)C4CC4)C/C=C\CCCCC[C@H](NC(=O)OC1)C(=O)N3C2. The number of carbonyl (C=O) groups excluding carboxylic acids is 5. The summed E-state index contributed by atoms with van der Waals surface area (Å²) >= 11 is 0. The lowest BCUT2D eigenvalue weighted by atomic mass is 9.88. The zero-order valence-electron chi connectivity index (χ0n) is 30.5. The van der Waals surface area contributed by atoms with Crippen LogP contribution in [0.4, 0.5) is 9.59 Å². The Hall–Kier alpha value is -4.40. The van der Waals surface area contributed by atoms with E-state index in [0.717, 1.165) is 42.4 Å². The first-order valence-corrected chi connectivity index (χ1v) is 20.3. The lowest BCUT2D eigenvalue weighted by Crippen LogP contribution is -2.56. The van der Waals surface area contributed by atoms with Gasteiger partial charge in [0.05, 0.1) is 24.9 Å². The third kappa shape index (κ3) is 9.78.